The number of carboxylic acids is 2. The standard InChI is InChI=1S/2C13H19NO3.Zn/c2*1-4-14(5-2)10-7-8-11(13(15)16)12(9-10)17-6-3;/h2*7-9H,4-6H2,1-3H3,(H,15,16);/q;;+2/p-2. The third-order valence-electron chi connectivity index (χ3n) is 5.23. The zero-order chi connectivity index (χ0) is 25.7. The van der Waals surface area contributed by atoms with Crippen molar-refractivity contribution < 1.29 is 48.8 Å². The minimum absolute atomic E-state index is 0. The summed E-state index contributed by atoms with van der Waals surface area (Å²) in [4.78, 5) is 26.1. The third kappa shape index (κ3) is 9.40. The maximum Gasteiger partial charge on any atom is 2.00 e. The monoisotopic (exact) mass is 536 g/mol. The van der Waals surface area contributed by atoms with Crippen LogP contribution in [0.1, 0.15) is 62.3 Å². The minimum Gasteiger partial charge on any atom is -0.545 e. The van der Waals surface area contributed by atoms with E-state index in [0.717, 1.165) is 37.6 Å². The first kappa shape index (κ1) is 32.2. The molecule has 0 bridgehead atoms. The second-order valence-electron chi connectivity index (χ2n) is 7.15. The summed E-state index contributed by atoms with van der Waals surface area (Å²) in [5.74, 6) is -1.67. The molecule has 35 heavy (non-hydrogen) atoms. The Balaban J connectivity index is 0.000000642. The van der Waals surface area contributed by atoms with Crippen LogP contribution in [0.25, 0.3) is 0 Å². The molecule has 8 nitrogen and oxygen atoms in total. The van der Waals surface area contributed by atoms with Crippen molar-refractivity contribution in [3.05, 3.63) is 47.5 Å². The number of carbonyl (C=O) groups is 2. The molecule has 0 amide bonds. The zero-order valence-corrected chi connectivity index (χ0v) is 24.7. The SMILES string of the molecule is CCOc1cc(N(CC)CC)ccc1C(=O)[O-].CCOc1cc(N(CC)CC)ccc1C(=O)[O-].[Zn+2]. The summed E-state index contributed by atoms with van der Waals surface area (Å²) in [6.45, 7) is 16.2. The van der Waals surface area contributed by atoms with Crippen molar-refractivity contribution in [2.45, 2.75) is 41.5 Å². The van der Waals surface area contributed by atoms with Crippen molar-refractivity contribution in [2.75, 3.05) is 49.2 Å². The van der Waals surface area contributed by atoms with Crippen LogP contribution in [-0.2, 0) is 19.5 Å². The van der Waals surface area contributed by atoms with Gasteiger partial charge in [0.15, 0.2) is 0 Å². The molecule has 0 aromatic heterocycles. The van der Waals surface area contributed by atoms with Crippen molar-refractivity contribution in [3.8, 4) is 11.5 Å². The number of aromatic carboxylic acids is 2. The van der Waals surface area contributed by atoms with Gasteiger partial charge in [-0.2, -0.15) is 0 Å². The van der Waals surface area contributed by atoms with Crippen LogP contribution in [0.2, 0.25) is 0 Å². The van der Waals surface area contributed by atoms with E-state index in [1.165, 1.54) is 12.1 Å². The molecule has 0 aliphatic rings. The van der Waals surface area contributed by atoms with Crippen LogP contribution in [0.15, 0.2) is 36.4 Å². The van der Waals surface area contributed by atoms with Crippen LogP contribution in [0.5, 0.6) is 11.5 Å². The molecule has 0 atom stereocenters. The van der Waals surface area contributed by atoms with Gasteiger partial charge in [-0.25, -0.2) is 0 Å². The Bertz CT molecular complexity index is 855. The van der Waals surface area contributed by atoms with Crippen LogP contribution in [0.4, 0.5) is 11.4 Å². The average molecular weight is 538 g/mol. The van der Waals surface area contributed by atoms with Crippen molar-refractivity contribution in [1.29, 1.82) is 0 Å². The van der Waals surface area contributed by atoms with Gasteiger partial charge >= 0.3 is 19.5 Å². The molecule has 0 saturated heterocycles. The van der Waals surface area contributed by atoms with E-state index in [4.69, 9.17) is 9.47 Å². The molecule has 0 unspecified atom stereocenters. The summed E-state index contributed by atoms with van der Waals surface area (Å²) in [5.41, 5.74) is 2.12. The zero-order valence-electron chi connectivity index (χ0n) is 21.8. The number of rotatable bonds is 12. The molecule has 2 aromatic rings. The summed E-state index contributed by atoms with van der Waals surface area (Å²) in [6.07, 6.45) is 0. The van der Waals surface area contributed by atoms with E-state index >= 15 is 0 Å². The van der Waals surface area contributed by atoms with Crippen molar-refractivity contribution in [2.24, 2.45) is 0 Å². The fraction of sp³-hybridized carbons (Fsp3) is 0.462. The van der Waals surface area contributed by atoms with Crippen LogP contribution < -0.4 is 29.5 Å². The number of benzene rings is 2. The van der Waals surface area contributed by atoms with Crippen molar-refractivity contribution in [1.82, 2.24) is 0 Å². The van der Waals surface area contributed by atoms with E-state index in [0.29, 0.717) is 24.7 Å². The molecule has 0 heterocycles. The number of carboxylic acid groups (broad SMARTS) is 2. The fourth-order valence-electron chi connectivity index (χ4n) is 3.48. The third-order valence-corrected chi connectivity index (χ3v) is 5.23. The summed E-state index contributed by atoms with van der Waals surface area (Å²) in [5, 5.41) is 21.8. The summed E-state index contributed by atoms with van der Waals surface area (Å²) in [7, 11) is 0. The maximum absolute atomic E-state index is 10.9. The molecule has 0 aliphatic carbocycles. The number of carbonyl (C=O) groups excluding carboxylic acids is 2. The Morgan fingerprint density at radius 1 is 0.657 bits per heavy atom. The van der Waals surface area contributed by atoms with Gasteiger partial charge < -0.3 is 39.1 Å². The second-order valence-corrected chi connectivity index (χ2v) is 7.15. The van der Waals surface area contributed by atoms with E-state index in [2.05, 4.69) is 37.5 Å². The van der Waals surface area contributed by atoms with Gasteiger partial charge in [0.2, 0.25) is 0 Å². The van der Waals surface area contributed by atoms with Crippen molar-refractivity contribution in [3.63, 3.8) is 0 Å². The summed E-state index contributed by atoms with van der Waals surface area (Å²) in [6, 6.07) is 10.1. The second kappa shape index (κ2) is 16.8. The first-order valence-corrected chi connectivity index (χ1v) is 11.7. The van der Waals surface area contributed by atoms with E-state index in [-0.39, 0.29) is 30.6 Å². The van der Waals surface area contributed by atoms with Gasteiger partial charge in [0.25, 0.3) is 0 Å². The molecule has 0 spiro atoms. The van der Waals surface area contributed by atoms with E-state index in [1.54, 1.807) is 24.3 Å². The van der Waals surface area contributed by atoms with Gasteiger partial charge in [0.1, 0.15) is 11.5 Å². The normalized spacial score (nSPS) is 9.77. The van der Waals surface area contributed by atoms with Crippen LogP contribution in [0, 0.1) is 0 Å². The number of anilines is 2. The Hall–Kier alpha value is -2.80. The van der Waals surface area contributed by atoms with E-state index in [1.807, 2.05) is 13.8 Å². The average Bonchev–Trinajstić information content (AvgIpc) is 2.81. The summed E-state index contributed by atoms with van der Waals surface area (Å²) >= 11 is 0. The van der Waals surface area contributed by atoms with Gasteiger partial charge in [-0.15, -0.1) is 0 Å². The Morgan fingerprint density at radius 3 is 1.20 bits per heavy atom. The van der Waals surface area contributed by atoms with Gasteiger partial charge in [-0.3, -0.25) is 0 Å². The summed E-state index contributed by atoms with van der Waals surface area (Å²) < 4.78 is 10.7. The molecule has 0 saturated carbocycles. The Morgan fingerprint density at radius 2 is 0.971 bits per heavy atom. The molecule has 2 aromatic carbocycles. The molecule has 188 valence electrons. The minimum atomic E-state index is -1.21. The van der Waals surface area contributed by atoms with Gasteiger partial charge in [0.05, 0.1) is 25.2 Å². The molecule has 0 fully saturated rings. The number of hydrogen-bond donors (Lipinski definition) is 0. The van der Waals surface area contributed by atoms with Gasteiger partial charge in [-0.1, -0.05) is 0 Å². The number of hydrogen-bond acceptors (Lipinski definition) is 8. The maximum atomic E-state index is 10.9. The first-order valence-electron chi connectivity index (χ1n) is 11.7. The first-order chi connectivity index (χ1) is 16.3. The largest absolute Gasteiger partial charge is 2.00 e. The predicted octanol–water partition coefficient (Wildman–Crippen LogP) is 2.59. The quantitative estimate of drug-likeness (QED) is 0.380. The van der Waals surface area contributed by atoms with Crippen LogP contribution >= 0.6 is 0 Å². The number of ether oxygens (including phenoxy) is 2. The van der Waals surface area contributed by atoms with E-state index < -0.39 is 11.9 Å². The predicted molar refractivity (Wildman–Crippen MR) is 131 cm³/mol. The molecular formula is C26H36N2O6Zn. The van der Waals surface area contributed by atoms with Gasteiger partial charge in [0, 0.05) is 60.8 Å². The molecule has 0 N–H and O–H groups in total. The number of nitrogens with zero attached hydrogens (tertiary/aromatic N) is 2. The molecule has 0 radical (unpaired) electrons. The molecule has 9 heteroatoms. The molecular weight excluding hydrogens is 502 g/mol. The molecule has 0 aliphatic heterocycles. The smallest absolute Gasteiger partial charge is 0.545 e. The van der Waals surface area contributed by atoms with Crippen molar-refractivity contribution >= 4 is 23.3 Å². The Kier molecular flexibility index (Phi) is 15.4. The van der Waals surface area contributed by atoms with Gasteiger partial charge in [-0.05, 0) is 65.8 Å². The Labute approximate surface area is 221 Å². The molecule has 2 rings (SSSR count). The van der Waals surface area contributed by atoms with Crippen LogP contribution in [-0.4, -0.2) is 51.3 Å². The van der Waals surface area contributed by atoms with Crippen LogP contribution in [0.3, 0.4) is 0 Å². The van der Waals surface area contributed by atoms with E-state index in [9.17, 15) is 19.8 Å². The fourth-order valence-corrected chi connectivity index (χ4v) is 3.48. The topological polar surface area (TPSA) is 105 Å².